The second-order valence-electron chi connectivity index (χ2n) is 5.41. The summed E-state index contributed by atoms with van der Waals surface area (Å²) in [4.78, 5) is 23.9. The number of carbonyl (C=O) groups excluding carboxylic acids is 1. The second-order valence-corrected chi connectivity index (χ2v) is 5.41. The summed E-state index contributed by atoms with van der Waals surface area (Å²) in [6, 6.07) is -1.07. The Bertz CT molecular complexity index is 469. The molecule has 2 aliphatic rings. The molecule has 0 saturated carbocycles. The fourth-order valence-corrected chi connectivity index (χ4v) is 2.80. The van der Waals surface area contributed by atoms with E-state index in [1.165, 1.54) is 6.08 Å². The van der Waals surface area contributed by atoms with E-state index in [0.717, 1.165) is 4.90 Å². The molecule has 0 aromatic rings. The van der Waals surface area contributed by atoms with Gasteiger partial charge >= 0.3 is 18.2 Å². The Balaban J connectivity index is 2.02. The Morgan fingerprint density at radius 2 is 2.05 bits per heavy atom. The van der Waals surface area contributed by atoms with Gasteiger partial charge in [0.05, 0.1) is 24.0 Å². The van der Waals surface area contributed by atoms with Gasteiger partial charge in [-0.3, -0.25) is 4.79 Å². The van der Waals surface area contributed by atoms with E-state index in [-0.39, 0.29) is 12.1 Å². The molecule has 22 heavy (non-hydrogen) atoms. The van der Waals surface area contributed by atoms with Gasteiger partial charge in [-0.25, -0.2) is 4.79 Å². The maximum absolute atomic E-state index is 12.9. The van der Waals surface area contributed by atoms with Crippen LogP contribution >= 0.6 is 0 Å². The first-order chi connectivity index (χ1) is 10.2. The third kappa shape index (κ3) is 3.34. The lowest BCUT2D eigenvalue weighted by Gasteiger charge is -2.22. The molecule has 9 heteroatoms. The molecule has 2 fully saturated rings. The summed E-state index contributed by atoms with van der Waals surface area (Å²) in [6.07, 6.45) is -3.00. The van der Waals surface area contributed by atoms with Gasteiger partial charge in [-0.15, -0.1) is 6.58 Å². The maximum Gasteiger partial charge on any atom is 0.394 e. The SMILES string of the molecule is C=C[C@@H]1OCC[C@H]1NC(=O)N1C[C@@H](C(F)(F)F)[C@H](C(=O)O)C1. The number of halogens is 3. The van der Waals surface area contributed by atoms with E-state index in [4.69, 9.17) is 9.84 Å². The van der Waals surface area contributed by atoms with Crippen LogP contribution < -0.4 is 5.32 Å². The number of nitrogens with zero attached hydrogens (tertiary/aromatic N) is 1. The van der Waals surface area contributed by atoms with Crippen molar-refractivity contribution in [1.82, 2.24) is 10.2 Å². The minimum absolute atomic E-state index is 0.363. The van der Waals surface area contributed by atoms with Crippen molar-refractivity contribution < 1.29 is 32.6 Å². The zero-order valence-electron chi connectivity index (χ0n) is 11.7. The quantitative estimate of drug-likeness (QED) is 0.766. The Labute approximate surface area is 124 Å². The number of carboxylic acids is 1. The first-order valence-electron chi connectivity index (χ1n) is 6.83. The van der Waals surface area contributed by atoms with Crippen LogP contribution in [0.5, 0.6) is 0 Å². The zero-order valence-corrected chi connectivity index (χ0v) is 11.7. The van der Waals surface area contributed by atoms with Crippen LogP contribution in [0, 0.1) is 11.8 Å². The number of nitrogens with one attached hydrogen (secondary N) is 1. The summed E-state index contributed by atoms with van der Waals surface area (Å²) in [6.45, 7) is 2.87. The third-order valence-corrected chi connectivity index (χ3v) is 4.02. The fraction of sp³-hybridized carbons (Fsp3) is 0.692. The molecule has 2 heterocycles. The van der Waals surface area contributed by atoms with Crippen molar-refractivity contribution in [3.05, 3.63) is 12.7 Å². The molecule has 2 rings (SSSR count). The normalized spacial score (nSPS) is 32.0. The van der Waals surface area contributed by atoms with Crippen molar-refractivity contribution in [3.63, 3.8) is 0 Å². The van der Waals surface area contributed by atoms with Crippen molar-refractivity contribution in [2.75, 3.05) is 19.7 Å². The van der Waals surface area contributed by atoms with Gasteiger partial charge in [0.1, 0.15) is 0 Å². The molecule has 0 unspecified atom stereocenters. The Kier molecular flexibility index (Phi) is 4.64. The van der Waals surface area contributed by atoms with E-state index >= 15 is 0 Å². The van der Waals surface area contributed by atoms with Crippen LogP contribution in [0.15, 0.2) is 12.7 Å². The molecular formula is C13H17F3N2O4. The van der Waals surface area contributed by atoms with Crippen LogP contribution in [0.3, 0.4) is 0 Å². The number of urea groups is 1. The minimum Gasteiger partial charge on any atom is -0.481 e. The lowest BCUT2D eigenvalue weighted by Crippen LogP contribution is -2.47. The number of alkyl halides is 3. The lowest BCUT2D eigenvalue weighted by molar-refractivity contribution is -0.187. The molecule has 6 nitrogen and oxygen atoms in total. The van der Waals surface area contributed by atoms with Crippen molar-refractivity contribution in [3.8, 4) is 0 Å². The highest BCUT2D eigenvalue weighted by Crippen LogP contribution is 2.37. The molecule has 124 valence electrons. The predicted molar refractivity (Wildman–Crippen MR) is 69.1 cm³/mol. The van der Waals surface area contributed by atoms with Crippen LogP contribution in [0.25, 0.3) is 0 Å². The number of aliphatic carboxylic acids is 1. The van der Waals surface area contributed by atoms with E-state index in [1.807, 2.05) is 0 Å². The molecule has 0 aromatic carbocycles. The summed E-state index contributed by atoms with van der Waals surface area (Å²) in [7, 11) is 0. The van der Waals surface area contributed by atoms with Crippen LogP contribution in [-0.2, 0) is 9.53 Å². The van der Waals surface area contributed by atoms with Crippen molar-refractivity contribution in [2.24, 2.45) is 11.8 Å². The predicted octanol–water partition coefficient (Wildman–Crippen LogP) is 1.23. The van der Waals surface area contributed by atoms with Gasteiger partial charge in [0, 0.05) is 19.7 Å². The van der Waals surface area contributed by atoms with Gasteiger partial charge in [-0.05, 0) is 6.42 Å². The average molecular weight is 322 g/mol. The standard InChI is InChI=1S/C13H17F3N2O4/c1-2-10-9(3-4-22-10)17-12(21)18-5-7(11(19)20)8(6-18)13(14,15)16/h2,7-10H,1,3-6H2,(H,17,21)(H,19,20)/t7-,8-,9-,10+/m1/s1. The van der Waals surface area contributed by atoms with Crippen LogP contribution in [0.2, 0.25) is 0 Å². The lowest BCUT2D eigenvalue weighted by atomic mass is 9.96. The van der Waals surface area contributed by atoms with E-state index < -0.39 is 43.1 Å². The summed E-state index contributed by atoms with van der Waals surface area (Å²) in [5, 5.41) is 11.5. The number of hydrogen-bond donors (Lipinski definition) is 2. The fourth-order valence-electron chi connectivity index (χ4n) is 2.80. The summed E-state index contributed by atoms with van der Waals surface area (Å²) < 4.78 is 43.9. The molecular weight excluding hydrogens is 305 g/mol. The number of carbonyl (C=O) groups is 2. The van der Waals surface area contributed by atoms with E-state index in [9.17, 15) is 22.8 Å². The Hall–Kier alpha value is -1.77. The van der Waals surface area contributed by atoms with Gasteiger partial charge in [0.2, 0.25) is 0 Å². The Morgan fingerprint density at radius 1 is 1.36 bits per heavy atom. The topological polar surface area (TPSA) is 78.9 Å². The van der Waals surface area contributed by atoms with Gasteiger partial charge in [0.25, 0.3) is 0 Å². The Morgan fingerprint density at radius 3 is 2.55 bits per heavy atom. The molecule has 0 spiro atoms. The van der Waals surface area contributed by atoms with E-state index in [0.29, 0.717) is 13.0 Å². The number of carboxylic acid groups (broad SMARTS) is 1. The molecule has 2 saturated heterocycles. The van der Waals surface area contributed by atoms with Crippen molar-refractivity contribution in [2.45, 2.75) is 24.7 Å². The van der Waals surface area contributed by atoms with E-state index in [1.54, 1.807) is 0 Å². The minimum atomic E-state index is -4.65. The first-order valence-corrected chi connectivity index (χ1v) is 6.83. The third-order valence-electron chi connectivity index (χ3n) is 4.02. The smallest absolute Gasteiger partial charge is 0.394 e. The summed E-state index contributed by atoms with van der Waals surface area (Å²) in [5.74, 6) is -5.24. The number of amides is 2. The summed E-state index contributed by atoms with van der Waals surface area (Å²) >= 11 is 0. The molecule has 2 N–H and O–H groups in total. The monoisotopic (exact) mass is 322 g/mol. The zero-order chi connectivity index (χ0) is 16.5. The number of ether oxygens (including phenoxy) is 1. The highest BCUT2D eigenvalue weighted by atomic mass is 19.4. The number of likely N-dealkylation sites (tertiary alicyclic amines) is 1. The van der Waals surface area contributed by atoms with E-state index in [2.05, 4.69) is 11.9 Å². The number of hydrogen-bond acceptors (Lipinski definition) is 3. The molecule has 0 radical (unpaired) electrons. The summed E-state index contributed by atoms with van der Waals surface area (Å²) in [5.41, 5.74) is 0. The van der Waals surface area contributed by atoms with Crippen molar-refractivity contribution >= 4 is 12.0 Å². The van der Waals surface area contributed by atoms with Crippen LogP contribution in [0.1, 0.15) is 6.42 Å². The number of rotatable bonds is 3. The second kappa shape index (κ2) is 6.15. The largest absolute Gasteiger partial charge is 0.481 e. The maximum atomic E-state index is 12.9. The molecule has 0 bridgehead atoms. The van der Waals surface area contributed by atoms with Gasteiger partial charge in [0.15, 0.2) is 0 Å². The highest BCUT2D eigenvalue weighted by molar-refractivity contribution is 5.78. The van der Waals surface area contributed by atoms with Crippen LogP contribution in [-0.4, -0.2) is 60.0 Å². The first kappa shape index (κ1) is 16.6. The average Bonchev–Trinajstić information content (AvgIpc) is 3.03. The molecule has 0 aromatic heterocycles. The van der Waals surface area contributed by atoms with Gasteiger partial charge in [-0.2, -0.15) is 13.2 Å². The van der Waals surface area contributed by atoms with Gasteiger partial charge < -0.3 is 20.1 Å². The highest BCUT2D eigenvalue weighted by Gasteiger charge is 2.53. The van der Waals surface area contributed by atoms with Gasteiger partial charge in [-0.1, -0.05) is 6.08 Å². The molecule has 0 aliphatic carbocycles. The van der Waals surface area contributed by atoms with Crippen LogP contribution in [0.4, 0.5) is 18.0 Å². The molecule has 2 amide bonds. The van der Waals surface area contributed by atoms with Crippen molar-refractivity contribution in [1.29, 1.82) is 0 Å². The molecule has 2 aliphatic heterocycles. The molecule has 4 atom stereocenters.